The zero-order chi connectivity index (χ0) is 9.97. The van der Waals surface area contributed by atoms with Gasteiger partial charge in [0.2, 0.25) is 0 Å². The van der Waals surface area contributed by atoms with Gasteiger partial charge >= 0.3 is 0 Å². The summed E-state index contributed by atoms with van der Waals surface area (Å²) in [6.45, 7) is 0. The van der Waals surface area contributed by atoms with Crippen LogP contribution >= 0.6 is 23.2 Å². The molecule has 0 amide bonds. The van der Waals surface area contributed by atoms with Crippen molar-refractivity contribution in [3.63, 3.8) is 0 Å². The molecule has 0 bridgehead atoms. The predicted molar refractivity (Wildman–Crippen MR) is 55.3 cm³/mol. The van der Waals surface area contributed by atoms with Gasteiger partial charge in [-0.25, -0.2) is 9.97 Å². The molecule has 0 aliphatic heterocycles. The number of nitrogens with zero attached hydrogens (tertiary/aromatic N) is 3. The molecule has 2 aromatic rings. The summed E-state index contributed by atoms with van der Waals surface area (Å²) in [6.07, 6.45) is 4.81. The van der Waals surface area contributed by atoms with E-state index in [0.717, 1.165) is 5.56 Å². The topological polar surface area (TPSA) is 38.7 Å². The van der Waals surface area contributed by atoms with E-state index >= 15 is 0 Å². The Morgan fingerprint density at radius 2 is 1.79 bits per heavy atom. The van der Waals surface area contributed by atoms with Gasteiger partial charge < -0.3 is 0 Å². The van der Waals surface area contributed by atoms with Crippen LogP contribution in [0.5, 0.6) is 0 Å². The molecule has 3 nitrogen and oxygen atoms in total. The van der Waals surface area contributed by atoms with Gasteiger partial charge in [0.25, 0.3) is 0 Å². The van der Waals surface area contributed by atoms with E-state index in [2.05, 4.69) is 15.0 Å². The van der Waals surface area contributed by atoms with Crippen molar-refractivity contribution in [1.29, 1.82) is 0 Å². The maximum atomic E-state index is 5.77. The van der Waals surface area contributed by atoms with E-state index < -0.39 is 0 Å². The van der Waals surface area contributed by atoms with Crippen molar-refractivity contribution in [3.8, 4) is 11.4 Å². The van der Waals surface area contributed by atoms with Gasteiger partial charge in [0.1, 0.15) is 0 Å². The van der Waals surface area contributed by atoms with E-state index in [-0.39, 0.29) is 5.15 Å². The molecule has 0 aromatic carbocycles. The lowest BCUT2D eigenvalue weighted by molar-refractivity contribution is 1.17. The molecule has 2 heterocycles. The number of aromatic nitrogens is 3. The monoisotopic (exact) mass is 225 g/mol. The molecule has 0 radical (unpaired) electrons. The van der Waals surface area contributed by atoms with Crippen molar-refractivity contribution in [2.45, 2.75) is 0 Å². The minimum absolute atomic E-state index is 0.258. The maximum Gasteiger partial charge on any atom is 0.161 e. The van der Waals surface area contributed by atoms with Gasteiger partial charge in [-0.1, -0.05) is 23.2 Å². The molecule has 0 fully saturated rings. The molecule has 0 saturated heterocycles. The Balaban J connectivity index is 2.48. The smallest absolute Gasteiger partial charge is 0.161 e. The lowest BCUT2D eigenvalue weighted by atomic mass is 10.2. The molecule has 2 aromatic heterocycles. The molecule has 0 spiro atoms. The highest BCUT2D eigenvalue weighted by Crippen LogP contribution is 2.21. The van der Waals surface area contributed by atoms with Crippen LogP contribution < -0.4 is 0 Å². The molecule has 5 heteroatoms. The van der Waals surface area contributed by atoms with Crippen molar-refractivity contribution < 1.29 is 0 Å². The first kappa shape index (κ1) is 9.37. The van der Waals surface area contributed by atoms with Crippen molar-refractivity contribution >= 4 is 23.2 Å². The molecule has 0 aliphatic rings. The summed E-state index contributed by atoms with van der Waals surface area (Å²) in [6, 6.07) is 3.61. The normalized spacial score (nSPS) is 10.1. The minimum Gasteiger partial charge on any atom is -0.265 e. The third-order valence-corrected chi connectivity index (χ3v) is 2.30. The van der Waals surface area contributed by atoms with E-state index in [0.29, 0.717) is 10.8 Å². The molecule has 0 unspecified atom stereocenters. The van der Waals surface area contributed by atoms with Crippen LogP contribution in [0.2, 0.25) is 10.2 Å². The fourth-order valence-corrected chi connectivity index (χ4v) is 1.21. The highest BCUT2D eigenvalue weighted by Gasteiger charge is 2.04. The summed E-state index contributed by atoms with van der Waals surface area (Å²) in [7, 11) is 0. The molecule has 0 aliphatic carbocycles. The first-order valence-electron chi connectivity index (χ1n) is 3.86. The lowest BCUT2D eigenvalue weighted by Gasteiger charge is -1.99. The van der Waals surface area contributed by atoms with Crippen LogP contribution in [-0.2, 0) is 0 Å². The quantitative estimate of drug-likeness (QED) is 0.701. The number of rotatable bonds is 1. The van der Waals surface area contributed by atoms with Crippen molar-refractivity contribution in [2.75, 3.05) is 0 Å². The molecule has 0 atom stereocenters. The second-order valence-electron chi connectivity index (χ2n) is 2.57. The van der Waals surface area contributed by atoms with Crippen molar-refractivity contribution in [1.82, 2.24) is 15.0 Å². The minimum atomic E-state index is 0.258. The van der Waals surface area contributed by atoms with Crippen LogP contribution in [0, 0.1) is 0 Å². The van der Waals surface area contributed by atoms with Crippen LogP contribution in [0.1, 0.15) is 0 Å². The van der Waals surface area contributed by atoms with E-state index in [1.54, 1.807) is 24.5 Å². The standard InChI is InChI=1S/C9H5Cl2N3/c10-7-5-13-9(14-8(7)11)6-1-3-12-4-2-6/h1-5H. The Bertz CT molecular complexity index is 445. The summed E-state index contributed by atoms with van der Waals surface area (Å²) in [5, 5.41) is 0.609. The average molecular weight is 226 g/mol. The summed E-state index contributed by atoms with van der Waals surface area (Å²) in [5.74, 6) is 0.543. The zero-order valence-corrected chi connectivity index (χ0v) is 8.50. The van der Waals surface area contributed by atoms with Crippen LogP contribution in [0.25, 0.3) is 11.4 Å². The maximum absolute atomic E-state index is 5.77. The lowest BCUT2D eigenvalue weighted by Crippen LogP contribution is -1.89. The molecule has 2 rings (SSSR count). The highest BCUT2D eigenvalue weighted by atomic mass is 35.5. The number of hydrogen-bond donors (Lipinski definition) is 0. The van der Waals surface area contributed by atoms with E-state index in [1.165, 1.54) is 6.20 Å². The van der Waals surface area contributed by atoms with Gasteiger partial charge in [-0.05, 0) is 12.1 Å². The third-order valence-electron chi connectivity index (χ3n) is 1.64. The van der Waals surface area contributed by atoms with Crippen LogP contribution in [0.15, 0.2) is 30.7 Å². The molecule has 0 saturated carbocycles. The summed E-state index contributed by atoms with van der Waals surface area (Å²) < 4.78 is 0. The Hall–Kier alpha value is -1.19. The van der Waals surface area contributed by atoms with Gasteiger partial charge in [-0.15, -0.1) is 0 Å². The van der Waals surface area contributed by atoms with Gasteiger partial charge in [-0.2, -0.15) is 0 Å². The fraction of sp³-hybridized carbons (Fsp3) is 0. The first-order chi connectivity index (χ1) is 6.77. The van der Waals surface area contributed by atoms with E-state index in [9.17, 15) is 0 Å². The number of pyridine rings is 1. The molecule has 70 valence electrons. The first-order valence-corrected chi connectivity index (χ1v) is 4.61. The van der Waals surface area contributed by atoms with Gasteiger partial charge in [0, 0.05) is 18.0 Å². The van der Waals surface area contributed by atoms with Crippen molar-refractivity contribution in [2.24, 2.45) is 0 Å². The Kier molecular flexibility index (Phi) is 2.61. The molecular formula is C9H5Cl2N3. The molecule has 0 N–H and O–H groups in total. The largest absolute Gasteiger partial charge is 0.265 e. The van der Waals surface area contributed by atoms with E-state index in [4.69, 9.17) is 23.2 Å². The number of halogens is 2. The van der Waals surface area contributed by atoms with Crippen LogP contribution in [-0.4, -0.2) is 15.0 Å². The summed E-state index contributed by atoms with van der Waals surface area (Å²) >= 11 is 11.5. The molecular weight excluding hydrogens is 221 g/mol. The molecule has 14 heavy (non-hydrogen) atoms. The third kappa shape index (κ3) is 1.84. The SMILES string of the molecule is Clc1cnc(-c2ccncc2)nc1Cl. The van der Waals surface area contributed by atoms with Crippen LogP contribution in [0.3, 0.4) is 0 Å². The van der Waals surface area contributed by atoms with Crippen LogP contribution in [0.4, 0.5) is 0 Å². The summed E-state index contributed by atoms with van der Waals surface area (Å²) in [4.78, 5) is 12.0. The van der Waals surface area contributed by atoms with Gasteiger partial charge in [0.05, 0.1) is 11.2 Å². The summed E-state index contributed by atoms with van der Waals surface area (Å²) in [5.41, 5.74) is 0.860. The Morgan fingerprint density at radius 1 is 1.07 bits per heavy atom. The van der Waals surface area contributed by atoms with Gasteiger partial charge in [-0.3, -0.25) is 4.98 Å². The Morgan fingerprint density at radius 3 is 2.43 bits per heavy atom. The fourth-order valence-electron chi connectivity index (χ4n) is 0.986. The highest BCUT2D eigenvalue weighted by molar-refractivity contribution is 6.41. The zero-order valence-electron chi connectivity index (χ0n) is 6.98. The Labute approximate surface area is 90.8 Å². The van der Waals surface area contributed by atoms with E-state index in [1.807, 2.05) is 0 Å². The predicted octanol–water partition coefficient (Wildman–Crippen LogP) is 2.85. The number of hydrogen-bond acceptors (Lipinski definition) is 3. The second kappa shape index (κ2) is 3.90. The average Bonchev–Trinajstić information content (AvgIpc) is 2.23. The van der Waals surface area contributed by atoms with Crippen molar-refractivity contribution in [3.05, 3.63) is 40.9 Å². The van der Waals surface area contributed by atoms with Gasteiger partial charge in [0.15, 0.2) is 11.0 Å². The second-order valence-corrected chi connectivity index (χ2v) is 3.33.